The molecule has 2 heterocycles. The highest BCUT2D eigenvalue weighted by atomic mass is 16.2. The minimum absolute atomic E-state index is 0.0226. The van der Waals surface area contributed by atoms with Gasteiger partial charge in [-0.1, -0.05) is 11.8 Å². The van der Waals surface area contributed by atoms with Crippen molar-refractivity contribution in [1.29, 1.82) is 0 Å². The van der Waals surface area contributed by atoms with Crippen molar-refractivity contribution in [3.05, 3.63) is 29.6 Å². The van der Waals surface area contributed by atoms with Gasteiger partial charge >= 0.3 is 0 Å². The third-order valence-electron chi connectivity index (χ3n) is 3.32. The van der Waals surface area contributed by atoms with Crippen molar-refractivity contribution >= 4 is 11.8 Å². The number of aliphatic hydroxyl groups excluding tert-OH is 1. The molecular weight excluding hydrogens is 270 g/mol. The number of hydrogen-bond acceptors (Lipinski definition) is 4. The molecule has 1 aliphatic rings. The first-order chi connectivity index (χ1) is 10.1. The van der Waals surface area contributed by atoms with Gasteiger partial charge in [-0.15, -0.1) is 0 Å². The lowest BCUT2D eigenvalue weighted by Gasteiger charge is -2.34. The van der Waals surface area contributed by atoms with E-state index in [0.717, 1.165) is 0 Å². The van der Waals surface area contributed by atoms with E-state index in [1.54, 1.807) is 28.1 Å². The molecule has 6 nitrogen and oxygen atoms in total. The van der Waals surface area contributed by atoms with Crippen LogP contribution in [-0.2, 0) is 4.79 Å². The van der Waals surface area contributed by atoms with Crippen LogP contribution < -0.4 is 0 Å². The van der Waals surface area contributed by atoms with E-state index in [1.807, 2.05) is 0 Å². The maximum absolute atomic E-state index is 12.5. The monoisotopic (exact) mass is 287 g/mol. The van der Waals surface area contributed by atoms with Crippen LogP contribution in [0.2, 0.25) is 0 Å². The minimum Gasteiger partial charge on any atom is -0.384 e. The number of amides is 2. The fourth-order valence-corrected chi connectivity index (χ4v) is 2.19. The Morgan fingerprint density at radius 2 is 1.95 bits per heavy atom. The number of aromatic nitrogens is 1. The average molecular weight is 287 g/mol. The number of piperazine rings is 1. The van der Waals surface area contributed by atoms with Crippen molar-refractivity contribution in [2.45, 2.75) is 6.92 Å². The topological polar surface area (TPSA) is 73.7 Å². The third-order valence-corrected chi connectivity index (χ3v) is 3.32. The average Bonchev–Trinajstić information content (AvgIpc) is 2.52. The van der Waals surface area contributed by atoms with Crippen molar-refractivity contribution in [3.8, 4) is 11.8 Å². The molecule has 2 amide bonds. The summed E-state index contributed by atoms with van der Waals surface area (Å²) in [7, 11) is 0. The number of aliphatic hydroxyl groups is 1. The SMILES string of the molecule is CC(=O)N1CCN(C(=O)c2ncccc2C#CCO)CC1. The van der Waals surface area contributed by atoms with Gasteiger partial charge in [0.1, 0.15) is 12.3 Å². The van der Waals surface area contributed by atoms with Crippen LogP contribution in [0.3, 0.4) is 0 Å². The first-order valence-corrected chi connectivity index (χ1v) is 6.73. The van der Waals surface area contributed by atoms with Gasteiger partial charge in [0.25, 0.3) is 5.91 Å². The van der Waals surface area contributed by atoms with Gasteiger partial charge in [-0.05, 0) is 12.1 Å². The highest BCUT2D eigenvalue weighted by Crippen LogP contribution is 2.10. The van der Waals surface area contributed by atoms with Gasteiger partial charge in [0.05, 0.1) is 5.56 Å². The lowest BCUT2D eigenvalue weighted by molar-refractivity contribution is -0.130. The maximum atomic E-state index is 12.5. The summed E-state index contributed by atoms with van der Waals surface area (Å²) in [5.41, 5.74) is 0.792. The van der Waals surface area contributed by atoms with E-state index >= 15 is 0 Å². The van der Waals surface area contributed by atoms with Crippen LogP contribution in [0.5, 0.6) is 0 Å². The molecule has 0 radical (unpaired) electrons. The second-order valence-corrected chi connectivity index (χ2v) is 4.66. The molecule has 1 saturated heterocycles. The fraction of sp³-hybridized carbons (Fsp3) is 0.400. The van der Waals surface area contributed by atoms with Crippen LogP contribution in [0.15, 0.2) is 18.3 Å². The molecule has 2 rings (SSSR count). The fourth-order valence-electron chi connectivity index (χ4n) is 2.19. The number of nitrogens with zero attached hydrogens (tertiary/aromatic N) is 3. The Balaban J connectivity index is 2.13. The number of carbonyl (C=O) groups is 2. The normalized spacial score (nSPS) is 14.4. The molecule has 0 aromatic carbocycles. The number of carbonyl (C=O) groups excluding carboxylic acids is 2. The van der Waals surface area contributed by atoms with Crippen LogP contribution in [0.25, 0.3) is 0 Å². The van der Waals surface area contributed by atoms with E-state index in [-0.39, 0.29) is 24.1 Å². The van der Waals surface area contributed by atoms with Crippen molar-refractivity contribution in [3.63, 3.8) is 0 Å². The van der Waals surface area contributed by atoms with Crippen molar-refractivity contribution < 1.29 is 14.7 Å². The zero-order valence-electron chi connectivity index (χ0n) is 11.9. The predicted octanol–water partition coefficient (Wildman–Crippen LogP) is -0.270. The molecule has 0 unspecified atom stereocenters. The van der Waals surface area contributed by atoms with E-state index in [0.29, 0.717) is 31.7 Å². The Morgan fingerprint density at radius 1 is 1.29 bits per heavy atom. The van der Waals surface area contributed by atoms with Crippen molar-refractivity contribution in [2.75, 3.05) is 32.8 Å². The Labute approximate surface area is 123 Å². The zero-order chi connectivity index (χ0) is 15.2. The lowest BCUT2D eigenvalue weighted by Crippen LogP contribution is -2.50. The van der Waals surface area contributed by atoms with Crippen LogP contribution in [0, 0.1) is 11.8 Å². The standard InChI is InChI=1S/C15H17N3O3/c1-12(20)17-7-9-18(10-8-17)15(21)14-13(5-3-11-19)4-2-6-16-14/h2,4,6,19H,7-11H2,1H3. The number of rotatable bonds is 1. The summed E-state index contributed by atoms with van der Waals surface area (Å²) < 4.78 is 0. The van der Waals surface area contributed by atoms with Crippen LogP contribution >= 0.6 is 0 Å². The van der Waals surface area contributed by atoms with Gasteiger partial charge in [0, 0.05) is 39.3 Å². The lowest BCUT2D eigenvalue weighted by atomic mass is 10.1. The molecule has 1 aliphatic heterocycles. The largest absolute Gasteiger partial charge is 0.384 e. The predicted molar refractivity (Wildman–Crippen MR) is 76.4 cm³/mol. The van der Waals surface area contributed by atoms with E-state index in [1.165, 1.54) is 6.92 Å². The molecule has 0 saturated carbocycles. The molecular formula is C15H17N3O3. The van der Waals surface area contributed by atoms with E-state index in [9.17, 15) is 9.59 Å². The molecule has 0 bridgehead atoms. The van der Waals surface area contributed by atoms with E-state index in [4.69, 9.17) is 5.11 Å². The number of hydrogen-bond donors (Lipinski definition) is 1. The van der Waals surface area contributed by atoms with Crippen LogP contribution in [0.1, 0.15) is 23.0 Å². The van der Waals surface area contributed by atoms with E-state index in [2.05, 4.69) is 16.8 Å². The Bertz CT molecular complexity index is 596. The first-order valence-electron chi connectivity index (χ1n) is 6.73. The van der Waals surface area contributed by atoms with Gasteiger partial charge in [-0.2, -0.15) is 0 Å². The Morgan fingerprint density at radius 3 is 2.57 bits per heavy atom. The summed E-state index contributed by atoms with van der Waals surface area (Å²) in [5, 5.41) is 8.76. The molecule has 1 fully saturated rings. The van der Waals surface area contributed by atoms with Gasteiger partial charge < -0.3 is 14.9 Å². The highest BCUT2D eigenvalue weighted by Gasteiger charge is 2.25. The Kier molecular flexibility index (Phi) is 4.90. The minimum atomic E-state index is -0.264. The first kappa shape index (κ1) is 15.0. The molecule has 1 aromatic rings. The number of pyridine rings is 1. The molecule has 0 spiro atoms. The smallest absolute Gasteiger partial charge is 0.273 e. The van der Waals surface area contributed by atoms with Crippen molar-refractivity contribution in [1.82, 2.24) is 14.8 Å². The summed E-state index contributed by atoms with van der Waals surface area (Å²) in [6.07, 6.45) is 1.54. The summed E-state index contributed by atoms with van der Waals surface area (Å²) in [6, 6.07) is 3.40. The van der Waals surface area contributed by atoms with Crippen LogP contribution in [0.4, 0.5) is 0 Å². The molecule has 0 aliphatic carbocycles. The molecule has 0 atom stereocenters. The van der Waals surface area contributed by atoms with Gasteiger partial charge in [-0.25, -0.2) is 4.98 Å². The quantitative estimate of drug-likeness (QED) is 0.722. The second kappa shape index (κ2) is 6.86. The van der Waals surface area contributed by atoms with Gasteiger partial charge in [-0.3, -0.25) is 9.59 Å². The van der Waals surface area contributed by atoms with Gasteiger partial charge in [0.15, 0.2) is 0 Å². The third kappa shape index (κ3) is 3.58. The van der Waals surface area contributed by atoms with Crippen LogP contribution in [-0.4, -0.2) is 64.5 Å². The Hall–Kier alpha value is -2.39. The maximum Gasteiger partial charge on any atom is 0.273 e. The summed E-state index contributed by atoms with van der Waals surface area (Å²) in [5.74, 6) is 5.09. The molecule has 6 heteroatoms. The molecule has 1 N–H and O–H groups in total. The van der Waals surface area contributed by atoms with E-state index < -0.39 is 0 Å². The zero-order valence-corrected chi connectivity index (χ0v) is 11.9. The summed E-state index contributed by atoms with van der Waals surface area (Å²) >= 11 is 0. The second-order valence-electron chi connectivity index (χ2n) is 4.66. The van der Waals surface area contributed by atoms with Gasteiger partial charge in [0.2, 0.25) is 5.91 Å². The molecule has 1 aromatic heterocycles. The molecule has 21 heavy (non-hydrogen) atoms. The highest BCUT2D eigenvalue weighted by molar-refractivity contribution is 5.95. The van der Waals surface area contributed by atoms with Crippen molar-refractivity contribution in [2.24, 2.45) is 0 Å². The summed E-state index contributed by atoms with van der Waals surface area (Å²) in [6.45, 7) is 3.31. The summed E-state index contributed by atoms with van der Waals surface area (Å²) in [4.78, 5) is 31.3. The molecule has 110 valence electrons.